The highest BCUT2D eigenvalue weighted by Crippen LogP contribution is 2.09. The second kappa shape index (κ2) is 3.88. The fraction of sp³-hybridized carbons (Fsp3) is 1.00. The number of rotatable bonds is 4. The van der Waals surface area contributed by atoms with Gasteiger partial charge >= 0.3 is 0 Å². The average Bonchev–Trinajstić information content (AvgIpc) is 1.90. The standard InChI is InChI=1S/C6H17N3O/c1-6(2,3-10)9(4-7)5-8/h10H,3-5,7-8H2,1-2H3. The lowest BCUT2D eigenvalue weighted by atomic mass is 10.1. The molecule has 0 spiro atoms. The number of aliphatic hydroxyl groups is 1. The number of nitrogens with zero attached hydrogens (tertiary/aromatic N) is 1. The van der Waals surface area contributed by atoms with E-state index >= 15 is 0 Å². The van der Waals surface area contributed by atoms with Crippen LogP contribution in [0.15, 0.2) is 0 Å². The van der Waals surface area contributed by atoms with Gasteiger partial charge in [0.15, 0.2) is 0 Å². The van der Waals surface area contributed by atoms with E-state index < -0.39 is 0 Å². The van der Waals surface area contributed by atoms with Crippen molar-refractivity contribution in [3.05, 3.63) is 0 Å². The first-order valence-electron chi connectivity index (χ1n) is 3.34. The monoisotopic (exact) mass is 147 g/mol. The highest BCUT2D eigenvalue weighted by molar-refractivity contribution is 4.77. The van der Waals surface area contributed by atoms with Gasteiger partial charge in [-0.05, 0) is 13.8 Å². The minimum absolute atomic E-state index is 0.0708. The third kappa shape index (κ3) is 2.22. The summed E-state index contributed by atoms with van der Waals surface area (Å²) in [5, 5.41) is 8.87. The summed E-state index contributed by atoms with van der Waals surface area (Å²) >= 11 is 0. The molecule has 0 radical (unpaired) electrons. The lowest BCUT2D eigenvalue weighted by Gasteiger charge is -2.34. The number of hydrogen-bond donors (Lipinski definition) is 3. The van der Waals surface area contributed by atoms with E-state index in [1.54, 1.807) is 4.90 Å². The Labute approximate surface area is 61.8 Å². The van der Waals surface area contributed by atoms with E-state index in [9.17, 15) is 0 Å². The van der Waals surface area contributed by atoms with Gasteiger partial charge in [-0.2, -0.15) is 0 Å². The highest BCUT2D eigenvalue weighted by Gasteiger charge is 2.22. The Bertz CT molecular complexity index is 91.0. The molecule has 4 heteroatoms. The van der Waals surface area contributed by atoms with Gasteiger partial charge in [-0.3, -0.25) is 4.90 Å². The SMILES string of the molecule is CC(C)(CO)N(CN)CN. The van der Waals surface area contributed by atoms with Gasteiger partial charge in [0.05, 0.1) is 6.61 Å². The average molecular weight is 147 g/mol. The highest BCUT2D eigenvalue weighted by atomic mass is 16.3. The zero-order chi connectivity index (χ0) is 8.20. The summed E-state index contributed by atoms with van der Waals surface area (Å²) in [6.45, 7) is 4.62. The van der Waals surface area contributed by atoms with Gasteiger partial charge in [-0.1, -0.05) is 0 Å². The normalized spacial score (nSPS) is 12.6. The van der Waals surface area contributed by atoms with E-state index in [1.807, 2.05) is 13.8 Å². The lowest BCUT2D eigenvalue weighted by Crippen LogP contribution is -2.51. The van der Waals surface area contributed by atoms with Crippen molar-refractivity contribution < 1.29 is 5.11 Å². The summed E-state index contributed by atoms with van der Waals surface area (Å²) in [4.78, 5) is 1.80. The van der Waals surface area contributed by atoms with Crippen LogP contribution in [0.1, 0.15) is 13.8 Å². The first-order chi connectivity index (χ1) is 4.58. The summed E-state index contributed by atoms with van der Waals surface area (Å²) < 4.78 is 0. The third-order valence-electron chi connectivity index (χ3n) is 1.68. The van der Waals surface area contributed by atoms with E-state index in [4.69, 9.17) is 16.6 Å². The summed E-state index contributed by atoms with van der Waals surface area (Å²) in [6.07, 6.45) is 0. The van der Waals surface area contributed by atoms with Crippen molar-refractivity contribution in [3.8, 4) is 0 Å². The van der Waals surface area contributed by atoms with Crippen LogP contribution in [-0.2, 0) is 0 Å². The van der Waals surface area contributed by atoms with E-state index in [1.165, 1.54) is 0 Å². The van der Waals surface area contributed by atoms with Crippen molar-refractivity contribution >= 4 is 0 Å². The molecule has 0 fully saturated rings. The van der Waals surface area contributed by atoms with Crippen LogP contribution in [-0.4, -0.2) is 35.5 Å². The van der Waals surface area contributed by atoms with E-state index in [-0.39, 0.29) is 12.1 Å². The second-order valence-electron chi connectivity index (χ2n) is 2.88. The molecule has 0 aliphatic heterocycles. The molecule has 62 valence electrons. The Balaban J connectivity index is 3.97. The minimum atomic E-state index is -0.302. The summed E-state index contributed by atoms with van der Waals surface area (Å²) in [6, 6.07) is 0. The van der Waals surface area contributed by atoms with Gasteiger partial charge in [0.25, 0.3) is 0 Å². The van der Waals surface area contributed by atoms with E-state index in [0.29, 0.717) is 13.3 Å². The number of nitrogens with two attached hydrogens (primary N) is 2. The molecule has 0 aromatic heterocycles. The van der Waals surface area contributed by atoms with Crippen LogP contribution in [0.2, 0.25) is 0 Å². The molecule has 0 saturated carbocycles. The molecule has 5 N–H and O–H groups in total. The molecule has 0 rings (SSSR count). The third-order valence-corrected chi connectivity index (χ3v) is 1.68. The Morgan fingerprint density at radius 1 is 1.30 bits per heavy atom. The van der Waals surface area contributed by atoms with Crippen LogP contribution in [0.25, 0.3) is 0 Å². The van der Waals surface area contributed by atoms with Gasteiger partial charge in [-0.25, -0.2) is 0 Å². The maximum atomic E-state index is 8.87. The molecule has 0 aromatic rings. The van der Waals surface area contributed by atoms with Crippen molar-refractivity contribution in [2.24, 2.45) is 11.5 Å². The van der Waals surface area contributed by atoms with Crippen molar-refractivity contribution in [3.63, 3.8) is 0 Å². The van der Waals surface area contributed by atoms with Crippen molar-refractivity contribution in [1.29, 1.82) is 0 Å². The molecule has 0 unspecified atom stereocenters. The molecule has 0 amide bonds. The smallest absolute Gasteiger partial charge is 0.0611 e. The Morgan fingerprint density at radius 2 is 1.70 bits per heavy atom. The fourth-order valence-corrected chi connectivity index (χ4v) is 0.669. The van der Waals surface area contributed by atoms with Crippen LogP contribution < -0.4 is 11.5 Å². The fourth-order valence-electron chi connectivity index (χ4n) is 0.669. The quantitative estimate of drug-likeness (QED) is 0.441. The molecule has 0 aromatic carbocycles. The Morgan fingerprint density at radius 3 is 1.80 bits per heavy atom. The molecule has 0 heterocycles. The van der Waals surface area contributed by atoms with Gasteiger partial charge in [0.1, 0.15) is 0 Å². The van der Waals surface area contributed by atoms with E-state index in [0.717, 1.165) is 0 Å². The maximum Gasteiger partial charge on any atom is 0.0611 e. The predicted molar refractivity (Wildman–Crippen MR) is 41.1 cm³/mol. The molecule has 0 aliphatic rings. The lowest BCUT2D eigenvalue weighted by molar-refractivity contribution is 0.0612. The molecule has 0 atom stereocenters. The summed E-state index contributed by atoms with van der Waals surface area (Å²) in [7, 11) is 0. The number of hydrogen-bond acceptors (Lipinski definition) is 4. The van der Waals surface area contributed by atoms with Gasteiger partial charge in [0, 0.05) is 18.9 Å². The minimum Gasteiger partial charge on any atom is -0.394 e. The zero-order valence-corrected chi connectivity index (χ0v) is 6.67. The van der Waals surface area contributed by atoms with Crippen LogP contribution >= 0.6 is 0 Å². The van der Waals surface area contributed by atoms with Crippen molar-refractivity contribution in [1.82, 2.24) is 4.90 Å². The summed E-state index contributed by atoms with van der Waals surface area (Å²) in [5.74, 6) is 0. The Kier molecular flexibility index (Phi) is 3.81. The zero-order valence-electron chi connectivity index (χ0n) is 6.67. The number of aliphatic hydroxyl groups excluding tert-OH is 1. The van der Waals surface area contributed by atoms with Gasteiger partial charge in [0.2, 0.25) is 0 Å². The molecule has 4 nitrogen and oxygen atoms in total. The largest absolute Gasteiger partial charge is 0.394 e. The molecule has 0 saturated heterocycles. The van der Waals surface area contributed by atoms with Crippen LogP contribution in [0.4, 0.5) is 0 Å². The summed E-state index contributed by atoms with van der Waals surface area (Å²) in [5.41, 5.74) is 10.5. The van der Waals surface area contributed by atoms with Crippen molar-refractivity contribution in [2.45, 2.75) is 19.4 Å². The predicted octanol–water partition coefficient (Wildman–Crippen LogP) is -1.11. The topological polar surface area (TPSA) is 75.5 Å². The van der Waals surface area contributed by atoms with Gasteiger partial charge < -0.3 is 16.6 Å². The van der Waals surface area contributed by atoms with Crippen LogP contribution in [0.5, 0.6) is 0 Å². The molecule has 0 aliphatic carbocycles. The first kappa shape index (κ1) is 9.84. The van der Waals surface area contributed by atoms with Crippen molar-refractivity contribution in [2.75, 3.05) is 19.9 Å². The molecular weight excluding hydrogens is 130 g/mol. The van der Waals surface area contributed by atoms with Crippen LogP contribution in [0, 0.1) is 0 Å². The van der Waals surface area contributed by atoms with Gasteiger partial charge in [-0.15, -0.1) is 0 Å². The molecule has 0 bridgehead atoms. The Hall–Kier alpha value is -0.160. The van der Waals surface area contributed by atoms with E-state index in [2.05, 4.69) is 0 Å². The molecule has 10 heavy (non-hydrogen) atoms. The maximum absolute atomic E-state index is 8.87. The molecular formula is C6H17N3O. The first-order valence-corrected chi connectivity index (χ1v) is 3.34. The van der Waals surface area contributed by atoms with Crippen LogP contribution in [0.3, 0.4) is 0 Å². The second-order valence-corrected chi connectivity index (χ2v) is 2.88.